The van der Waals surface area contributed by atoms with Gasteiger partial charge in [-0.1, -0.05) is 6.42 Å². The summed E-state index contributed by atoms with van der Waals surface area (Å²) in [4.78, 5) is 36.8. The number of nitrogens with two attached hydrogens (primary N) is 1. The summed E-state index contributed by atoms with van der Waals surface area (Å²) in [5.74, 6) is -0.890. The molecule has 2 rings (SSSR count). The number of primary amides is 1. The Morgan fingerprint density at radius 1 is 1.12 bits per heavy atom. The van der Waals surface area contributed by atoms with E-state index in [1.807, 2.05) is 48.5 Å². The first kappa shape index (κ1) is 26.4. The van der Waals surface area contributed by atoms with Crippen LogP contribution in [0.4, 0.5) is 4.79 Å². The van der Waals surface area contributed by atoms with E-state index >= 15 is 0 Å². The topological polar surface area (TPSA) is 129 Å². The summed E-state index contributed by atoms with van der Waals surface area (Å²) in [5, 5.41) is 5.88. The van der Waals surface area contributed by atoms with Crippen LogP contribution in [-0.2, 0) is 23.6 Å². The van der Waals surface area contributed by atoms with Gasteiger partial charge < -0.3 is 30.4 Å². The average molecular weight is 453 g/mol. The number of hydrogen-bond donors (Lipinski definition) is 3. The molecule has 0 radical (unpaired) electrons. The highest BCUT2D eigenvalue weighted by molar-refractivity contribution is 6.45. The van der Waals surface area contributed by atoms with Gasteiger partial charge in [0, 0.05) is 18.4 Å². The van der Waals surface area contributed by atoms with E-state index in [-0.39, 0.29) is 31.5 Å². The van der Waals surface area contributed by atoms with Gasteiger partial charge in [0.2, 0.25) is 11.8 Å². The van der Waals surface area contributed by atoms with Crippen LogP contribution in [0.1, 0.15) is 74.7 Å². The van der Waals surface area contributed by atoms with Gasteiger partial charge in [-0.2, -0.15) is 0 Å². The number of amides is 3. The number of ether oxygens (including phenoxy) is 1. The van der Waals surface area contributed by atoms with Gasteiger partial charge in [0.15, 0.2) is 0 Å². The highest BCUT2D eigenvalue weighted by Gasteiger charge is 2.55. The quantitative estimate of drug-likeness (QED) is 0.508. The Balaban J connectivity index is 2.20. The molecule has 3 unspecified atom stereocenters. The minimum atomic E-state index is -1.19. The smallest absolute Gasteiger partial charge is 0.449 e. The second-order valence-corrected chi connectivity index (χ2v) is 11.3. The number of hydrogen-bond acceptors (Lipinski definition) is 6. The van der Waals surface area contributed by atoms with Crippen LogP contribution in [-0.4, -0.2) is 53.9 Å². The molecule has 3 amide bonds. The summed E-state index contributed by atoms with van der Waals surface area (Å²) in [6.45, 7) is 15.0. The molecule has 3 atom stereocenters. The molecule has 0 bridgehead atoms. The molecule has 0 aromatic carbocycles. The van der Waals surface area contributed by atoms with Crippen molar-refractivity contribution in [2.75, 3.05) is 6.61 Å². The fraction of sp³-hybridized carbons (Fsp3) is 0.864. The van der Waals surface area contributed by atoms with E-state index in [2.05, 4.69) is 10.6 Å². The second kappa shape index (κ2) is 9.21. The van der Waals surface area contributed by atoms with Crippen molar-refractivity contribution in [3.8, 4) is 0 Å². The molecule has 0 spiro atoms. The molecule has 2 aliphatic rings. The van der Waals surface area contributed by atoms with Crippen molar-refractivity contribution in [1.82, 2.24) is 10.6 Å². The van der Waals surface area contributed by atoms with Crippen LogP contribution in [0.5, 0.6) is 0 Å². The van der Waals surface area contributed by atoms with Crippen LogP contribution in [0.3, 0.4) is 0 Å². The van der Waals surface area contributed by atoms with Crippen molar-refractivity contribution in [3.05, 3.63) is 0 Å². The predicted molar refractivity (Wildman–Crippen MR) is 122 cm³/mol. The summed E-state index contributed by atoms with van der Waals surface area (Å²) < 4.78 is 17.3. The molecule has 1 aliphatic heterocycles. The van der Waals surface area contributed by atoms with Gasteiger partial charge in [0.05, 0.1) is 17.8 Å². The van der Waals surface area contributed by atoms with E-state index in [9.17, 15) is 14.4 Å². The molecule has 1 heterocycles. The molecule has 10 heteroatoms. The second-order valence-electron chi connectivity index (χ2n) is 11.3. The lowest BCUT2D eigenvalue weighted by Gasteiger charge is -2.37. The van der Waals surface area contributed by atoms with E-state index in [4.69, 9.17) is 19.8 Å². The molecule has 0 aromatic rings. The zero-order valence-corrected chi connectivity index (χ0v) is 20.8. The maximum atomic E-state index is 13.4. The third-order valence-corrected chi connectivity index (χ3v) is 6.76. The van der Waals surface area contributed by atoms with Crippen molar-refractivity contribution in [2.45, 2.75) is 103 Å². The van der Waals surface area contributed by atoms with Crippen LogP contribution in [0.15, 0.2) is 0 Å². The molecular formula is C22H40BN3O6. The van der Waals surface area contributed by atoms with E-state index < -0.39 is 34.3 Å². The van der Waals surface area contributed by atoms with Gasteiger partial charge in [-0.15, -0.1) is 0 Å². The van der Waals surface area contributed by atoms with E-state index in [1.54, 1.807) is 0 Å². The molecule has 182 valence electrons. The third-order valence-electron chi connectivity index (χ3n) is 6.76. The lowest BCUT2D eigenvalue weighted by Crippen LogP contribution is -2.64. The monoisotopic (exact) mass is 453 g/mol. The van der Waals surface area contributed by atoms with Crippen molar-refractivity contribution in [1.29, 1.82) is 0 Å². The Morgan fingerprint density at radius 2 is 1.69 bits per heavy atom. The Hall–Kier alpha value is -1.81. The van der Waals surface area contributed by atoms with Crippen LogP contribution < -0.4 is 16.4 Å². The zero-order chi connectivity index (χ0) is 24.5. The maximum Gasteiger partial charge on any atom is 0.457 e. The number of rotatable bonds is 7. The lowest BCUT2D eigenvalue weighted by atomic mass is 9.79. The molecule has 2 fully saturated rings. The fourth-order valence-corrected chi connectivity index (χ4v) is 4.63. The summed E-state index contributed by atoms with van der Waals surface area (Å²) in [5.41, 5.74) is 2.70. The fourth-order valence-electron chi connectivity index (χ4n) is 4.63. The average Bonchev–Trinajstić information content (AvgIpc) is 3.03. The van der Waals surface area contributed by atoms with Crippen LogP contribution >= 0.6 is 0 Å². The lowest BCUT2D eigenvalue weighted by molar-refractivity contribution is -0.136. The molecule has 1 aliphatic carbocycles. The summed E-state index contributed by atoms with van der Waals surface area (Å²) in [6, 6.07) is 0. The summed E-state index contributed by atoms with van der Waals surface area (Å²) >= 11 is 0. The molecule has 32 heavy (non-hydrogen) atoms. The minimum Gasteiger partial charge on any atom is -0.449 e. The molecule has 9 nitrogen and oxygen atoms in total. The molecular weight excluding hydrogens is 413 g/mol. The van der Waals surface area contributed by atoms with Crippen LogP contribution in [0, 0.1) is 11.8 Å². The first-order valence-corrected chi connectivity index (χ1v) is 11.4. The van der Waals surface area contributed by atoms with Gasteiger partial charge >= 0.3 is 13.2 Å². The normalized spacial score (nSPS) is 28.9. The van der Waals surface area contributed by atoms with Crippen molar-refractivity contribution >= 4 is 25.0 Å². The van der Waals surface area contributed by atoms with Crippen LogP contribution in [0.25, 0.3) is 0 Å². The summed E-state index contributed by atoms with van der Waals surface area (Å²) in [6.07, 6.45) is 1.54. The first-order chi connectivity index (χ1) is 14.5. The van der Waals surface area contributed by atoms with Crippen molar-refractivity contribution in [2.24, 2.45) is 17.6 Å². The molecule has 1 saturated heterocycles. The van der Waals surface area contributed by atoms with Crippen molar-refractivity contribution < 1.29 is 28.4 Å². The standard InChI is InChI=1S/C22H40BN3O6/c1-14(27)25-22(17(28)26-19(2,3)4)12-15(11-16(22)13-30-18(24)29)9-10-23-31-20(5,6)21(7,8)32-23/h15-16H,9-13H2,1-8H3,(H2,24,29)(H,25,27)(H,26,28). The Morgan fingerprint density at radius 3 is 2.16 bits per heavy atom. The highest BCUT2D eigenvalue weighted by Crippen LogP contribution is 2.44. The SMILES string of the molecule is CC(=O)NC1(C(=O)NC(C)(C)C)CC(CCB2OC(C)(C)C(C)(C)O2)CC1COC(N)=O. The molecule has 4 N–H and O–H groups in total. The van der Waals surface area contributed by atoms with E-state index in [1.165, 1.54) is 6.92 Å². The molecule has 1 saturated carbocycles. The predicted octanol–water partition coefficient (Wildman–Crippen LogP) is 2.38. The number of carbonyl (C=O) groups is 3. The zero-order valence-electron chi connectivity index (χ0n) is 20.8. The Kier molecular flexibility index (Phi) is 7.61. The maximum absolute atomic E-state index is 13.4. The Labute approximate surface area is 192 Å². The van der Waals surface area contributed by atoms with Gasteiger partial charge in [0.25, 0.3) is 0 Å². The highest BCUT2D eigenvalue weighted by atomic mass is 16.7. The van der Waals surface area contributed by atoms with Crippen LogP contribution in [0.2, 0.25) is 6.32 Å². The van der Waals surface area contributed by atoms with Gasteiger partial charge in [0.1, 0.15) is 5.54 Å². The first-order valence-electron chi connectivity index (χ1n) is 11.4. The van der Waals surface area contributed by atoms with E-state index in [0.717, 1.165) is 6.42 Å². The third kappa shape index (κ3) is 6.16. The number of carbonyl (C=O) groups excluding carboxylic acids is 3. The van der Waals surface area contributed by atoms with Gasteiger partial charge in [-0.3, -0.25) is 9.59 Å². The molecule has 0 aromatic heterocycles. The number of nitrogens with one attached hydrogen (secondary N) is 2. The van der Waals surface area contributed by atoms with Gasteiger partial charge in [-0.05, 0) is 73.5 Å². The Bertz CT molecular complexity index is 720. The van der Waals surface area contributed by atoms with E-state index in [0.29, 0.717) is 19.2 Å². The summed E-state index contributed by atoms with van der Waals surface area (Å²) in [7, 11) is -0.334. The van der Waals surface area contributed by atoms with Crippen molar-refractivity contribution in [3.63, 3.8) is 0 Å². The van der Waals surface area contributed by atoms with Gasteiger partial charge in [-0.25, -0.2) is 4.79 Å². The minimum absolute atomic E-state index is 0.0415. The largest absolute Gasteiger partial charge is 0.457 e.